The van der Waals surface area contributed by atoms with Crippen molar-refractivity contribution in [2.24, 2.45) is 0 Å². The van der Waals surface area contributed by atoms with Crippen molar-refractivity contribution < 1.29 is 14.7 Å². The molecule has 1 N–H and O–H groups in total. The summed E-state index contributed by atoms with van der Waals surface area (Å²) in [6.45, 7) is 0. The van der Waals surface area contributed by atoms with Crippen molar-refractivity contribution in [2.75, 3.05) is 0 Å². The third-order valence-electron chi connectivity index (χ3n) is 1.91. The molecule has 80 valence electrons. The molecule has 0 saturated heterocycles. The van der Waals surface area contributed by atoms with E-state index in [9.17, 15) is 9.59 Å². The monoisotopic (exact) mass is 198 g/mol. The molecule has 0 amide bonds. The second-order valence-electron chi connectivity index (χ2n) is 3.22. The van der Waals surface area contributed by atoms with E-state index in [1.165, 1.54) is 0 Å². The summed E-state index contributed by atoms with van der Waals surface area (Å²) in [5.41, 5.74) is 0. The first-order valence-corrected chi connectivity index (χ1v) is 5.08. The van der Waals surface area contributed by atoms with Crippen molar-refractivity contribution >= 4 is 12.3 Å². The van der Waals surface area contributed by atoms with Gasteiger partial charge in [-0.2, -0.15) is 0 Å². The Kier molecular flexibility index (Phi) is 9.17. The van der Waals surface area contributed by atoms with Crippen molar-refractivity contribution in [1.82, 2.24) is 0 Å². The molecule has 0 aliphatic heterocycles. The number of aldehydes is 1. The largest absolute Gasteiger partial charge is 0.481 e. The molecule has 0 spiro atoms. The first-order valence-electron chi connectivity index (χ1n) is 5.08. The van der Waals surface area contributed by atoms with E-state index in [0.29, 0.717) is 6.42 Å². The van der Waals surface area contributed by atoms with Crippen LogP contribution in [0.15, 0.2) is 12.2 Å². The number of hydrogen-bond acceptors (Lipinski definition) is 2. The first kappa shape index (κ1) is 12.9. The lowest BCUT2D eigenvalue weighted by atomic mass is 10.1. The Labute approximate surface area is 84.8 Å². The number of rotatable bonds is 9. The molecule has 0 rings (SSSR count). The Morgan fingerprint density at radius 2 is 1.79 bits per heavy atom. The number of carboxylic acid groups (broad SMARTS) is 1. The van der Waals surface area contributed by atoms with Gasteiger partial charge in [0.2, 0.25) is 0 Å². The van der Waals surface area contributed by atoms with Gasteiger partial charge in [-0.3, -0.25) is 4.79 Å². The number of carbonyl (C=O) groups excluding carboxylic acids is 1. The Bertz CT molecular complexity index is 185. The number of unbranched alkanes of at least 4 members (excludes halogenated alkanes) is 4. The lowest BCUT2D eigenvalue weighted by Gasteiger charge is -1.96. The maximum Gasteiger partial charge on any atom is 0.303 e. The van der Waals surface area contributed by atoms with Gasteiger partial charge in [-0.25, -0.2) is 0 Å². The van der Waals surface area contributed by atoms with Crippen LogP contribution in [-0.2, 0) is 9.59 Å². The molecule has 0 heterocycles. The average Bonchev–Trinajstić information content (AvgIpc) is 2.15. The summed E-state index contributed by atoms with van der Waals surface area (Å²) in [4.78, 5) is 20.1. The Morgan fingerprint density at radius 1 is 1.07 bits per heavy atom. The zero-order chi connectivity index (χ0) is 10.6. The molecule has 0 saturated carbocycles. The molecule has 0 aliphatic carbocycles. The van der Waals surface area contributed by atoms with Gasteiger partial charge in [-0.1, -0.05) is 25.0 Å². The van der Waals surface area contributed by atoms with Gasteiger partial charge in [0.15, 0.2) is 0 Å². The minimum Gasteiger partial charge on any atom is -0.481 e. The van der Waals surface area contributed by atoms with E-state index in [1.54, 1.807) is 0 Å². The second-order valence-corrected chi connectivity index (χ2v) is 3.22. The van der Waals surface area contributed by atoms with Crippen LogP contribution >= 0.6 is 0 Å². The average molecular weight is 198 g/mol. The van der Waals surface area contributed by atoms with Crippen LogP contribution in [0.4, 0.5) is 0 Å². The topological polar surface area (TPSA) is 54.4 Å². The van der Waals surface area contributed by atoms with Crippen LogP contribution in [-0.4, -0.2) is 17.4 Å². The van der Waals surface area contributed by atoms with Gasteiger partial charge < -0.3 is 9.90 Å². The van der Waals surface area contributed by atoms with E-state index in [4.69, 9.17) is 5.11 Å². The molecule has 0 aromatic carbocycles. The standard InChI is InChI=1S/C11H18O3/c12-10-8-6-4-2-1-3-5-7-9-11(13)14/h4,6,10H,1-3,5,7-9H2,(H,13,14). The fourth-order valence-corrected chi connectivity index (χ4v) is 1.16. The van der Waals surface area contributed by atoms with Crippen molar-refractivity contribution in [3.8, 4) is 0 Å². The normalized spacial score (nSPS) is 10.6. The molecule has 0 aromatic rings. The molecule has 0 aliphatic rings. The molecule has 3 nitrogen and oxygen atoms in total. The van der Waals surface area contributed by atoms with Crippen molar-refractivity contribution in [3.63, 3.8) is 0 Å². The van der Waals surface area contributed by atoms with Crippen LogP contribution in [0.25, 0.3) is 0 Å². The van der Waals surface area contributed by atoms with Crippen molar-refractivity contribution in [3.05, 3.63) is 12.2 Å². The predicted molar refractivity (Wildman–Crippen MR) is 55.2 cm³/mol. The Balaban J connectivity index is 3.06. The van der Waals surface area contributed by atoms with Crippen LogP contribution in [0.1, 0.15) is 44.9 Å². The van der Waals surface area contributed by atoms with E-state index in [2.05, 4.69) is 0 Å². The molecule has 0 radical (unpaired) electrons. The lowest BCUT2D eigenvalue weighted by molar-refractivity contribution is -0.137. The highest BCUT2D eigenvalue weighted by Crippen LogP contribution is 2.05. The molecule has 0 unspecified atom stereocenters. The highest BCUT2D eigenvalue weighted by atomic mass is 16.4. The van der Waals surface area contributed by atoms with Crippen LogP contribution in [0.2, 0.25) is 0 Å². The Hall–Kier alpha value is -1.12. The number of allylic oxidation sites excluding steroid dienone is 2. The minimum absolute atomic E-state index is 0.279. The third-order valence-corrected chi connectivity index (χ3v) is 1.91. The zero-order valence-electron chi connectivity index (χ0n) is 8.45. The number of hydrogen-bond donors (Lipinski definition) is 1. The molecular formula is C11H18O3. The second kappa shape index (κ2) is 9.96. The highest BCUT2D eigenvalue weighted by molar-refractivity contribution is 5.66. The quantitative estimate of drug-likeness (QED) is 0.352. The fourth-order valence-electron chi connectivity index (χ4n) is 1.16. The van der Waals surface area contributed by atoms with Gasteiger partial charge in [0.1, 0.15) is 6.29 Å². The van der Waals surface area contributed by atoms with Crippen LogP contribution < -0.4 is 0 Å². The maximum absolute atomic E-state index is 10.2. The van der Waals surface area contributed by atoms with Gasteiger partial charge in [0.25, 0.3) is 0 Å². The predicted octanol–water partition coefficient (Wildman–Crippen LogP) is 2.56. The maximum atomic E-state index is 10.2. The highest BCUT2D eigenvalue weighted by Gasteiger charge is 1.95. The van der Waals surface area contributed by atoms with Crippen LogP contribution in [0, 0.1) is 0 Å². The van der Waals surface area contributed by atoms with Crippen LogP contribution in [0.3, 0.4) is 0 Å². The summed E-state index contributed by atoms with van der Waals surface area (Å²) < 4.78 is 0. The van der Waals surface area contributed by atoms with Gasteiger partial charge in [0.05, 0.1) is 0 Å². The third kappa shape index (κ3) is 10.9. The molecule has 14 heavy (non-hydrogen) atoms. The molecule has 0 bridgehead atoms. The molecule has 0 aromatic heterocycles. The van der Waals surface area contributed by atoms with E-state index in [0.717, 1.165) is 38.4 Å². The fraction of sp³-hybridized carbons (Fsp3) is 0.636. The van der Waals surface area contributed by atoms with Gasteiger partial charge in [0, 0.05) is 12.8 Å². The number of carbonyl (C=O) groups is 2. The minimum atomic E-state index is -0.712. The number of carboxylic acids is 1. The summed E-state index contributed by atoms with van der Waals surface area (Å²) in [5, 5.41) is 8.37. The molecule has 3 heteroatoms. The van der Waals surface area contributed by atoms with Gasteiger partial charge in [-0.15, -0.1) is 0 Å². The lowest BCUT2D eigenvalue weighted by Crippen LogP contribution is -1.93. The molecule has 0 atom stereocenters. The molecular weight excluding hydrogens is 180 g/mol. The van der Waals surface area contributed by atoms with E-state index < -0.39 is 5.97 Å². The van der Waals surface area contributed by atoms with Gasteiger partial charge in [-0.05, 0) is 19.3 Å². The smallest absolute Gasteiger partial charge is 0.303 e. The van der Waals surface area contributed by atoms with E-state index in [-0.39, 0.29) is 6.42 Å². The summed E-state index contributed by atoms with van der Waals surface area (Å²) in [7, 11) is 0. The molecule has 0 fully saturated rings. The SMILES string of the molecule is O=CCC=CCCCCCCC(=O)O. The summed E-state index contributed by atoms with van der Waals surface area (Å²) in [5.74, 6) is -0.712. The van der Waals surface area contributed by atoms with Crippen molar-refractivity contribution in [2.45, 2.75) is 44.9 Å². The number of aliphatic carboxylic acids is 1. The van der Waals surface area contributed by atoms with E-state index in [1.807, 2.05) is 12.2 Å². The Morgan fingerprint density at radius 3 is 2.43 bits per heavy atom. The van der Waals surface area contributed by atoms with E-state index >= 15 is 0 Å². The van der Waals surface area contributed by atoms with Crippen molar-refractivity contribution in [1.29, 1.82) is 0 Å². The van der Waals surface area contributed by atoms with Gasteiger partial charge >= 0.3 is 5.97 Å². The summed E-state index contributed by atoms with van der Waals surface area (Å²) in [6, 6.07) is 0. The summed E-state index contributed by atoms with van der Waals surface area (Å²) in [6.07, 6.45) is 10.4. The summed E-state index contributed by atoms with van der Waals surface area (Å²) >= 11 is 0. The van der Waals surface area contributed by atoms with Crippen LogP contribution in [0.5, 0.6) is 0 Å². The zero-order valence-corrected chi connectivity index (χ0v) is 8.45. The first-order chi connectivity index (χ1) is 6.77.